The van der Waals surface area contributed by atoms with E-state index in [2.05, 4.69) is 19.1 Å². The highest BCUT2D eigenvalue weighted by atomic mass is 16.4. The molecule has 4 heteroatoms. The lowest BCUT2D eigenvalue weighted by Gasteiger charge is -2.26. The highest BCUT2D eigenvalue weighted by molar-refractivity contribution is 5.66. The molecule has 3 saturated carbocycles. The lowest BCUT2D eigenvalue weighted by molar-refractivity contribution is -0.137. The summed E-state index contributed by atoms with van der Waals surface area (Å²) < 4.78 is 0. The molecule has 0 aromatic rings. The van der Waals surface area contributed by atoms with Gasteiger partial charge in [0.15, 0.2) is 0 Å². The van der Waals surface area contributed by atoms with Gasteiger partial charge in [-0.25, -0.2) is 0 Å². The Hall–Kier alpha value is -0.870. The molecule has 3 aliphatic rings. The molecular formula is C24H42O4. The van der Waals surface area contributed by atoms with E-state index in [0.29, 0.717) is 12.3 Å². The smallest absolute Gasteiger partial charge is 0.303 e. The highest BCUT2D eigenvalue weighted by Crippen LogP contribution is 2.32. The van der Waals surface area contributed by atoms with Crippen LogP contribution in [0.3, 0.4) is 0 Å². The molecule has 0 aromatic heterocycles. The maximum atomic E-state index is 10.3. The van der Waals surface area contributed by atoms with Crippen molar-refractivity contribution in [2.45, 2.75) is 109 Å². The number of carboxylic acid groups (broad SMARTS) is 1. The predicted molar refractivity (Wildman–Crippen MR) is 113 cm³/mol. The van der Waals surface area contributed by atoms with Crippen molar-refractivity contribution in [2.24, 2.45) is 23.7 Å². The Morgan fingerprint density at radius 2 is 1.57 bits per heavy atom. The second kappa shape index (κ2) is 12.6. The van der Waals surface area contributed by atoms with Crippen LogP contribution in [0.4, 0.5) is 0 Å². The highest BCUT2D eigenvalue weighted by Gasteiger charge is 2.24. The first-order valence-corrected chi connectivity index (χ1v) is 11.7. The van der Waals surface area contributed by atoms with Gasteiger partial charge in [-0.15, -0.1) is 0 Å². The number of aliphatic hydroxyl groups excluding tert-OH is 2. The zero-order chi connectivity index (χ0) is 20.4. The van der Waals surface area contributed by atoms with Gasteiger partial charge >= 0.3 is 5.97 Å². The Kier molecular flexibility index (Phi) is 10.6. The summed E-state index contributed by atoms with van der Waals surface area (Å²) in [6.07, 6.45) is 19.6. The van der Waals surface area contributed by atoms with Crippen molar-refractivity contribution >= 4 is 5.97 Å². The average Bonchev–Trinajstić information content (AvgIpc) is 3.08. The first kappa shape index (κ1) is 23.4. The maximum Gasteiger partial charge on any atom is 0.303 e. The van der Waals surface area contributed by atoms with E-state index in [9.17, 15) is 15.0 Å². The van der Waals surface area contributed by atoms with E-state index in [-0.39, 0.29) is 24.5 Å². The predicted octanol–water partition coefficient (Wildman–Crippen LogP) is 5.32. The third kappa shape index (κ3) is 8.65. The minimum absolute atomic E-state index is 0.0531. The molecule has 0 spiro atoms. The summed E-state index contributed by atoms with van der Waals surface area (Å²) in [6, 6.07) is 0. The van der Waals surface area contributed by atoms with E-state index < -0.39 is 5.97 Å². The number of hydrogen-bond acceptors (Lipinski definition) is 3. The summed E-state index contributed by atoms with van der Waals surface area (Å²) >= 11 is 0. The third-order valence-electron chi connectivity index (χ3n) is 7.12. The molecule has 3 aliphatic carbocycles. The van der Waals surface area contributed by atoms with Crippen molar-refractivity contribution in [3.63, 3.8) is 0 Å². The van der Waals surface area contributed by atoms with Crippen LogP contribution in [-0.2, 0) is 4.79 Å². The van der Waals surface area contributed by atoms with E-state index in [4.69, 9.17) is 5.11 Å². The quantitative estimate of drug-likeness (QED) is 0.533. The molecule has 0 aromatic carbocycles. The number of carboxylic acids is 1. The fourth-order valence-electron chi connectivity index (χ4n) is 5.04. The van der Waals surface area contributed by atoms with Crippen molar-refractivity contribution in [3.8, 4) is 0 Å². The number of carbonyl (C=O) groups is 1. The van der Waals surface area contributed by atoms with E-state index >= 15 is 0 Å². The fraction of sp³-hybridized carbons (Fsp3) is 0.875. The molecule has 0 radical (unpaired) electrons. The van der Waals surface area contributed by atoms with Crippen molar-refractivity contribution in [3.05, 3.63) is 12.2 Å². The molecule has 3 rings (SSSR count). The Bertz CT molecular complexity index is 467. The van der Waals surface area contributed by atoms with Gasteiger partial charge in [-0.2, -0.15) is 0 Å². The molecule has 3 N–H and O–H groups in total. The molecular weight excluding hydrogens is 352 g/mol. The van der Waals surface area contributed by atoms with Crippen LogP contribution < -0.4 is 0 Å². The van der Waals surface area contributed by atoms with E-state index in [1.165, 1.54) is 44.9 Å². The van der Waals surface area contributed by atoms with E-state index in [1.807, 2.05) is 0 Å². The average molecular weight is 395 g/mol. The van der Waals surface area contributed by atoms with Gasteiger partial charge in [0.2, 0.25) is 0 Å². The summed E-state index contributed by atoms with van der Waals surface area (Å²) in [7, 11) is 0. The third-order valence-corrected chi connectivity index (χ3v) is 7.12. The van der Waals surface area contributed by atoms with Crippen LogP contribution in [0.15, 0.2) is 12.2 Å². The first-order chi connectivity index (χ1) is 13.5. The number of aliphatic carboxylic acids is 1. The first-order valence-electron chi connectivity index (χ1n) is 11.7. The number of allylic oxidation sites excluding steroid dienone is 1. The SMILES string of the molecule is CC1CCC(C/C=C/C2CCC[C@H]2O)CC1.O=C(O)CCC1CCCCC1O. The second-order valence-corrected chi connectivity index (χ2v) is 9.50. The molecule has 0 amide bonds. The van der Waals surface area contributed by atoms with Crippen molar-refractivity contribution < 1.29 is 20.1 Å². The molecule has 3 fully saturated rings. The van der Waals surface area contributed by atoms with Crippen LogP contribution in [0.2, 0.25) is 0 Å². The molecule has 0 saturated heterocycles. The molecule has 0 aliphatic heterocycles. The molecule has 4 nitrogen and oxygen atoms in total. The van der Waals surface area contributed by atoms with Crippen LogP contribution in [0.25, 0.3) is 0 Å². The number of aliphatic hydroxyl groups is 2. The molecule has 162 valence electrons. The molecule has 3 unspecified atom stereocenters. The Morgan fingerprint density at radius 3 is 2.18 bits per heavy atom. The van der Waals surface area contributed by atoms with Gasteiger partial charge in [0.05, 0.1) is 12.2 Å². The normalized spacial score (nSPS) is 36.1. The standard InChI is InChI=1S/C15H26O.C9H16O3/c1-12-8-10-13(11-9-12)4-2-5-14-6-3-7-15(14)16;10-8-4-2-1-3-7(8)5-6-9(11)12/h2,5,12-16H,3-4,6-11H2,1H3;7-8,10H,1-6H2,(H,11,12)/b5-2+;/t12?,13?,14?,15-;/m1./s1. The number of hydrogen-bond donors (Lipinski definition) is 3. The summed E-state index contributed by atoms with van der Waals surface area (Å²) in [6.45, 7) is 2.38. The van der Waals surface area contributed by atoms with Gasteiger partial charge in [0.25, 0.3) is 0 Å². The van der Waals surface area contributed by atoms with Crippen LogP contribution >= 0.6 is 0 Å². The lowest BCUT2D eigenvalue weighted by Crippen LogP contribution is -2.24. The summed E-state index contributed by atoms with van der Waals surface area (Å²) in [5.74, 6) is 1.81. The Labute approximate surface area is 171 Å². The Morgan fingerprint density at radius 1 is 0.893 bits per heavy atom. The summed E-state index contributed by atoms with van der Waals surface area (Å²) in [5, 5.41) is 27.6. The lowest BCUT2D eigenvalue weighted by atomic mass is 9.81. The van der Waals surface area contributed by atoms with Gasteiger partial charge in [-0.3, -0.25) is 4.79 Å². The Balaban J connectivity index is 0.000000209. The van der Waals surface area contributed by atoms with Crippen LogP contribution in [0.1, 0.15) is 96.8 Å². The van der Waals surface area contributed by atoms with Gasteiger partial charge in [-0.05, 0) is 69.1 Å². The molecule has 4 atom stereocenters. The largest absolute Gasteiger partial charge is 0.481 e. The van der Waals surface area contributed by atoms with Gasteiger partial charge in [0.1, 0.15) is 0 Å². The summed E-state index contributed by atoms with van der Waals surface area (Å²) in [4.78, 5) is 10.3. The van der Waals surface area contributed by atoms with Crippen molar-refractivity contribution in [1.29, 1.82) is 0 Å². The maximum absolute atomic E-state index is 10.3. The van der Waals surface area contributed by atoms with E-state index in [1.54, 1.807) is 0 Å². The molecule has 0 bridgehead atoms. The summed E-state index contributed by atoms with van der Waals surface area (Å²) in [5.41, 5.74) is 0. The van der Waals surface area contributed by atoms with Crippen molar-refractivity contribution in [1.82, 2.24) is 0 Å². The van der Waals surface area contributed by atoms with Gasteiger partial charge in [0, 0.05) is 12.3 Å². The minimum Gasteiger partial charge on any atom is -0.481 e. The number of rotatable bonds is 6. The van der Waals surface area contributed by atoms with Crippen molar-refractivity contribution in [2.75, 3.05) is 0 Å². The zero-order valence-electron chi connectivity index (χ0n) is 17.8. The molecule has 0 heterocycles. The zero-order valence-corrected chi connectivity index (χ0v) is 17.8. The monoisotopic (exact) mass is 394 g/mol. The van der Waals surface area contributed by atoms with Crippen LogP contribution in [0, 0.1) is 23.7 Å². The van der Waals surface area contributed by atoms with E-state index in [0.717, 1.165) is 43.9 Å². The second-order valence-electron chi connectivity index (χ2n) is 9.50. The topological polar surface area (TPSA) is 77.8 Å². The van der Waals surface area contributed by atoms with Crippen LogP contribution in [0.5, 0.6) is 0 Å². The minimum atomic E-state index is -0.757. The van der Waals surface area contributed by atoms with Crippen LogP contribution in [-0.4, -0.2) is 33.5 Å². The van der Waals surface area contributed by atoms with Gasteiger partial charge < -0.3 is 15.3 Å². The fourth-order valence-corrected chi connectivity index (χ4v) is 5.04. The van der Waals surface area contributed by atoms with Gasteiger partial charge in [-0.1, -0.05) is 51.2 Å². The molecule has 28 heavy (non-hydrogen) atoms.